The first-order valence-electron chi connectivity index (χ1n) is 9.81. The predicted octanol–water partition coefficient (Wildman–Crippen LogP) is 6.40. The molecule has 4 heteroatoms. The van der Waals surface area contributed by atoms with Crippen LogP contribution in [0, 0.1) is 20.1 Å². The molecule has 0 unspecified atom stereocenters. The monoisotopic (exact) mass is 418 g/mol. The van der Waals surface area contributed by atoms with E-state index in [2.05, 4.69) is 9.69 Å². The Morgan fingerprint density at radius 1 is 0.613 bits per heavy atom. The van der Waals surface area contributed by atoms with Crippen LogP contribution in [0.25, 0.3) is 20.8 Å². The van der Waals surface area contributed by atoms with Crippen molar-refractivity contribution in [3.05, 3.63) is 125 Å². The maximum atomic E-state index is 14.9. The van der Waals surface area contributed by atoms with E-state index in [1.165, 1.54) is 0 Å². The molecule has 0 amide bonds. The van der Waals surface area contributed by atoms with Crippen molar-refractivity contribution < 1.29 is 4.57 Å². The van der Waals surface area contributed by atoms with Gasteiger partial charge in [-0.05, 0) is 11.1 Å². The zero-order valence-corrected chi connectivity index (χ0v) is 17.9. The van der Waals surface area contributed by atoms with Crippen molar-refractivity contribution in [2.24, 2.45) is 0 Å². The van der Waals surface area contributed by atoms with Crippen LogP contribution in [0.1, 0.15) is 5.56 Å². The number of aryl methyl sites for hydroxylation is 1. The van der Waals surface area contributed by atoms with Gasteiger partial charge in [-0.25, -0.2) is 9.69 Å². The second-order valence-corrected chi connectivity index (χ2v) is 9.88. The van der Waals surface area contributed by atoms with Crippen LogP contribution in [-0.2, 0) is 4.57 Å². The zero-order chi connectivity index (χ0) is 21.8. The molecule has 0 aromatic heterocycles. The van der Waals surface area contributed by atoms with Gasteiger partial charge in [-0.1, -0.05) is 110 Å². The highest BCUT2D eigenvalue weighted by atomic mass is 31.2. The standard InChI is InChI=1S/C27H19N2OP/c1-20-18-19-24(27(29-3)26(20)28-2)23-16-10-11-17-25(23)31(30,21-12-6-4-7-13-21)22-14-8-5-9-15-22/h4-19H,1H3. The smallest absolute Gasteiger partial charge is 0.202 e. The molecule has 0 aliphatic heterocycles. The predicted molar refractivity (Wildman–Crippen MR) is 129 cm³/mol. The number of benzene rings is 4. The molecule has 4 aromatic carbocycles. The Morgan fingerprint density at radius 3 is 1.68 bits per heavy atom. The minimum atomic E-state index is -3.23. The molecule has 148 valence electrons. The van der Waals surface area contributed by atoms with E-state index in [9.17, 15) is 4.57 Å². The fraction of sp³-hybridized carbons (Fsp3) is 0.0370. The van der Waals surface area contributed by atoms with E-state index in [4.69, 9.17) is 13.1 Å². The van der Waals surface area contributed by atoms with Gasteiger partial charge in [0.05, 0.1) is 13.1 Å². The van der Waals surface area contributed by atoms with Crippen LogP contribution in [0.2, 0.25) is 0 Å². The van der Waals surface area contributed by atoms with Crippen LogP contribution in [0.5, 0.6) is 0 Å². The topological polar surface area (TPSA) is 25.8 Å². The molecule has 0 heterocycles. The first kappa shape index (κ1) is 20.4. The lowest BCUT2D eigenvalue weighted by atomic mass is 10.00. The van der Waals surface area contributed by atoms with Gasteiger partial charge in [-0.3, -0.25) is 0 Å². The average Bonchev–Trinajstić information content (AvgIpc) is 2.84. The van der Waals surface area contributed by atoms with Crippen LogP contribution in [0.3, 0.4) is 0 Å². The van der Waals surface area contributed by atoms with Gasteiger partial charge in [0.15, 0.2) is 12.8 Å². The van der Waals surface area contributed by atoms with Crippen molar-refractivity contribution in [2.45, 2.75) is 6.92 Å². The summed E-state index contributed by atoms with van der Waals surface area (Å²) >= 11 is 0. The third-order valence-corrected chi connectivity index (χ3v) is 8.47. The summed E-state index contributed by atoms with van der Waals surface area (Å²) in [5, 5.41) is 2.13. The van der Waals surface area contributed by atoms with E-state index in [1.54, 1.807) is 0 Å². The van der Waals surface area contributed by atoms with Gasteiger partial charge in [-0.15, -0.1) is 0 Å². The van der Waals surface area contributed by atoms with E-state index in [-0.39, 0.29) is 0 Å². The number of hydrogen-bond donors (Lipinski definition) is 0. The molecule has 4 aromatic rings. The van der Waals surface area contributed by atoms with Crippen molar-refractivity contribution in [3.63, 3.8) is 0 Å². The van der Waals surface area contributed by atoms with Gasteiger partial charge in [0, 0.05) is 15.9 Å². The molecule has 4 rings (SSSR count). The third-order valence-electron chi connectivity index (χ3n) is 5.35. The molecule has 0 bridgehead atoms. The van der Waals surface area contributed by atoms with E-state index in [0.29, 0.717) is 22.2 Å². The highest BCUT2D eigenvalue weighted by molar-refractivity contribution is 7.85. The van der Waals surface area contributed by atoms with Gasteiger partial charge in [0.25, 0.3) is 0 Å². The SMILES string of the molecule is [C-]#[N+]c1c(C)ccc(-c2ccccc2P(=O)(c2ccccc2)c2ccccc2)c1[N+]#[C-]. The Morgan fingerprint density at radius 2 is 1.13 bits per heavy atom. The van der Waals surface area contributed by atoms with E-state index in [0.717, 1.165) is 21.7 Å². The summed E-state index contributed by atoms with van der Waals surface area (Å²) in [5.74, 6) is 0. The molecule has 0 aliphatic carbocycles. The quantitative estimate of drug-likeness (QED) is 0.278. The molecule has 31 heavy (non-hydrogen) atoms. The molecule has 3 nitrogen and oxygen atoms in total. The molecule has 0 radical (unpaired) electrons. The van der Waals surface area contributed by atoms with Crippen LogP contribution in [0.15, 0.2) is 97.1 Å². The van der Waals surface area contributed by atoms with Gasteiger partial charge in [-0.2, -0.15) is 0 Å². The average molecular weight is 418 g/mol. The molecule has 0 atom stereocenters. The lowest BCUT2D eigenvalue weighted by molar-refractivity contribution is 0.592. The number of nitrogens with zero attached hydrogens (tertiary/aromatic N) is 2. The van der Waals surface area contributed by atoms with Crippen LogP contribution >= 0.6 is 7.14 Å². The van der Waals surface area contributed by atoms with Crippen molar-refractivity contribution in [3.8, 4) is 11.1 Å². The molecular formula is C27H19N2OP. The maximum Gasteiger partial charge on any atom is 0.202 e. The summed E-state index contributed by atoms with van der Waals surface area (Å²) in [6, 6.07) is 30.2. The minimum absolute atomic E-state index is 0.301. The lowest BCUT2D eigenvalue weighted by Crippen LogP contribution is -2.26. The van der Waals surface area contributed by atoms with Gasteiger partial charge < -0.3 is 4.57 Å². The maximum absolute atomic E-state index is 14.9. The van der Waals surface area contributed by atoms with Gasteiger partial charge >= 0.3 is 0 Å². The Kier molecular flexibility index (Phi) is 5.55. The van der Waals surface area contributed by atoms with Gasteiger partial charge in [0.2, 0.25) is 5.69 Å². The molecule has 0 saturated heterocycles. The molecule has 0 spiro atoms. The highest BCUT2D eigenvalue weighted by Gasteiger charge is 2.32. The Labute approximate surface area is 182 Å². The van der Waals surface area contributed by atoms with Crippen molar-refractivity contribution in [1.29, 1.82) is 0 Å². The van der Waals surface area contributed by atoms with Crippen LogP contribution in [-0.4, -0.2) is 0 Å². The number of rotatable bonds is 4. The fourth-order valence-electron chi connectivity index (χ4n) is 3.83. The highest BCUT2D eigenvalue weighted by Crippen LogP contribution is 2.48. The van der Waals surface area contributed by atoms with E-state index >= 15 is 0 Å². The first-order chi connectivity index (χ1) is 15.1. The Hall–Kier alpha value is -3.91. The molecular weight excluding hydrogens is 399 g/mol. The third kappa shape index (κ3) is 3.47. The summed E-state index contributed by atoms with van der Waals surface area (Å²) in [6.07, 6.45) is 0. The summed E-state index contributed by atoms with van der Waals surface area (Å²) < 4.78 is 14.9. The molecule has 0 N–H and O–H groups in total. The van der Waals surface area contributed by atoms with E-state index in [1.807, 2.05) is 104 Å². The fourth-order valence-corrected chi connectivity index (χ4v) is 6.70. The molecule has 0 aliphatic rings. The first-order valence-corrected chi connectivity index (χ1v) is 11.5. The van der Waals surface area contributed by atoms with E-state index < -0.39 is 7.14 Å². The molecule has 0 saturated carbocycles. The Bertz CT molecular complexity index is 1340. The minimum Gasteiger partial charge on any atom is -0.309 e. The zero-order valence-electron chi connectivity index (χ0n) is 17.0. The second-order valence-electron chi connectivity index (χ2n) is 7.15. The van der Waals surface area contributed by atoms with Crippen molar-refractivity contribution in [1.82, 2.24) is 0 Å². The van der Waals surface area contributed by atoms with Crippen molar-refractivity contribution in [2.75, 3.05) is 0 Å². The number of hydrogen-bond acceptors (Lipinski definition) is 1. The van der Waals surface area contributed by atoms with Crippen molar-refractivity contribution >= 4 is 34.4 Å². The second kappa shape index (κ2) is 8.45. The largest absolute Gasteiger partial charge is 0.309 e. The lowest BCUT2D eigenvalue weighted by Gasteiger charge is -2.23. The molecule has 0 fully saturated rings. The van der Waals surface area contributed by atoms with Gasteiger partial charge in [0.1, 0.15) is 0 Å². The Balaban J connectivity index is 2.09. The summed E-state index contributed by atoms with van der Waals surface area (Å²) in [5.41, 5.74) is 2.76. The summed E-state index contributed by atoms with van der Waals surface area (Å²) in [6.45, 7) is 17.1. The summed E-state index contributed by atoms with van der Waals surface area (Å²) in [4.78, 5) is 7.30. The normalized spacial score (nSPS) is 10.8. The van der Waals surface area contributed by atoms with Crippen LogP contribution in [0.4, 0.5) is 11.4 Å². The summed E-state index contributed by atoms with van der Waals surface area (Å²) in [7, 11) is -3.23. The van der Waals surface area contributed by atoms with Crippen LogP contribution < -0.4 is 15.9 Å².